The molecule has 17 heavy (non-hydrogen) atoms. The van der Waals surface area contributed by atoms with E-state index < -0.39 is 5.41 Å². The molecule has 1 aromatic carbocycles. The largest absolute Gasteiger partial charge is 0.295 e. The predicted molar refractivity (Wildman–Crippen MR) is 65.5 cm³/mol. The second-order valence-corrected chi connectivity index (χ2v) is 4.80. The van der Waals surface area contributed by atoms with Crippen molar-refractivity contribution in [3.63, 3.8) is 0 Å². The van der Waals surface area contributed by atoms with Crippen molar-refractivity contribution in [2.45, 2.75) is 32.6 Å². The molecule has 2 atom stereocenters. The van der Waals surface area contributed by atoms with Crippen LogP contribution >= 0.6 is 0 Å². The van der Waals surface area contributed by atoms with Gasteiger partial charge >= 0.3 is 0 Å². The van der Waals surface area contributed by atoms with Crippen LogP contribution in [-0.2, 0) is 15.0 Å². The van der Waals surface area contributed by atoms with E-state index >= 15 is 0 Å². The Morgan fingerprint density at radius 3 is 2.53 bits per heavy atom. The average molecular weight is 231 g/mol. The van der Waals surface area contributed by atoms with Gasteiger partial charge in [-0.2, -0.15) is 0 Å². The molecule has 2 rings (SSSR count). The summed E-state index contributed by atoms with van der Waals surface area (Å²) < 4.78 is 0. The lowest BCUT2D eigenvalue weighted by Crippen LogP contribution is -2.37. The molecule has 0 spiro atoms. The molecule has 0 aromatic heterocycles. The topological polar surface area (TPSA) is 46.2 Å². The third-order valence-electron chi connectivity index (χ3n) is 3.83. The Morgan fingerprint density at radius 2 is 1.94 bits per heavy atom. The van der Waals surface area contributed by atoms with E-state index in [1.54, 1.807) is 0 Å². The number of nitrogens with one attached hydrogen (secondary N) is 1. The predicted octanol–water partition coefficient (Wildman–Crippen LogP) is 1.94. The van der Waals surface area contributed by atoms with Gasteiger partial charge in [-0.15, -0.1) is 0 Å². The van der Waals surface area contributed by atoms with Crippen LogP contribution in [0.2, 0.25) is 0 Å². The first kappa shape index (κ1) is 11.8. The Morgan fingerprint density at radius 1 is 1.29 bits per heavy atom. The van der Waals surface area contributed by atoms with Crippen LogP contribution < -0.4 is 5.32 Å². The second-order valence-electron chi connectivity index (χ2n) is 4.80. The first-order chi connectivity index (χ1) is 8.01. The Balaban J connectivity index is 2.58. The lowest BCUT2D eigenvalue weighted by molar-refractivity contribution is -0.126. The summed E-state index contributed by atoms with van der Waals surface area (Å²) in [6.07, 6.45) is 0.669. The van der Waals surface area contributed by atoms with Crippen molar-refractivity contribution in [1.82, 2.24) is 5.32 Å². The molecule has 1 aliphatic rings. The van der Waals surface area contributed by atoms with Crippen molar-refractivity contribution in [3.8, 4) is 0 Å². The Kier molecular flexibility index (Phi) is 2.77. The first-order valence-corrected chi connectivity index (χ1v) is 5.93. The molecule has 1 N–H and O–H groups in total. The molecule has 1 aliphatic heterocycles. The summed E-state index contributed by atoms with van der Waals surface area (Å²) in [6, 6.07) is 7.77. The molecule has 0 radical (unpaired) electrons. The highest BCUT2D eigenvalue weighted by Gasteiger charge is 2.52. The van der Waals surface area contributed by atoms with Gasteiger partial charge in [0.1, 0.15) is 0 Å². The Bertz CT molecular complexity index is 481. The van der Waals surface area contributed by atoms with Gasteiger partial charge in [0.05, 0.1) is 11.3 Å². The van der Waals surface area contributed by atoms with Crippen LogP contribution in [0.4, 0.5) is 0 Å². The number of carbonyl (C=O) groups is 2. The molecule has 0 aliphatic carbocycles. The van der Waals surface area contributed by atoms with Crippen molar-refractivity contribution in [2.75, 3.05) is 0 Å². The zero-order valence-electron chi connectivity index (χ0n) is 10.4. The number of carbonyl (C=O) groups excluding carboxylic acids is 2. The number of rotatable bonds is 2. The van der Waals surface area contributed by atoms with Gasteiger partial charge in [0.25, 0.3) is 0 Å². The SMILES string of the molecule is CC[C@@H]1C(=O)NC(=O)[C@]1(C)c1ccccc1C. The van der Waals surface area contributed by atoms with E-state index in [2.05, 4.69) is 5.32 Å². The summed E-state index contributed by atoms with van der Waals surface area (Å²) in [6.45, 7) is 5.78. The summed E-state index contributed by atoms with van der Waals surface area (Å²) in [5.41, 5.74) is 1.28. The fourth-order valence-corrected chi connectivity index (χ4v) is 2.81. The van der Waals surface area contributed by atoms with Crippen molar-refractivity contribution in [3.05, 3.63) is 35.4 Å². The summed E-state index contributed by atoms with van der Waals surface area (Å²) >= 11 is 0. The van der Waals surface area contributed by atoms with Gasteiger partial charge in [0, 0.05) is 0 Å². The molecule has 0 unspecified atom stereocenters. The highest BCUT2D eigenvalue weighted by atomic mass is 16.2. The molecule has 1 heterocycles. The van der Waals surface area contributed by atoms with Crippen molar-refractivity contribution in [1.29, 1.82) is 0 Å². The van der Waals surface area contributed by atoms with Crippen LogP contribution in [0.5, 0.6) is 0 Å². The Hall–Kier alpha value is -1.64. The zero-order valence-corrected chi connectivity index (χ0v) is 10.4. The minimum atomic E-state index is -0.725. The molecule has 1 aromatic rings. The molecular formula is C14H17NO2. The van der Waals surface area contributed by atoms with Crippen LogP contribution in [0.1, 0.15) is 31.4 Å². The second kappa shape index (κ2) is 3.99. The quantitative estimate of drug-likeness (QED) is 0.791. The van der Waals surface area contributed by atoms with E-state index in [4.69, 9.17) is 0 Å². The van der Waals surface area contributed by atoms with Crippen molar-refractivity contribution in [2.24, 2.45) is 5.92 Å². The number of amides is 2. The lowest BCUT2D eigenvalue weighted by atomic mass is 9.71. The normalized spacial score (nSPS) is 28.3. The third kappa shape index (κ3) is 1.57. The minimum absolute atomic E-state index is 0.150. The van der Waals surface area contributed by atoms with Gasteiger partial charge in [0.2, 0.25) is 11.8 Å². The van der Waals surface area contributed by atoms with Crippen molar-refractivity contribution < 1.29 is 9.59 Å². The van der Waals surface area contributed by atoms with Gasteiger partial charge in [0.15, 0.2) is 0 Å². The minimum Gasteiger partial charge on any atom is -0.295 e. The fraction of sp³-hybridized carbons (Fsp3) is 0.429. The van der Waals surface area contributed by atoms with Crippen LogP contribution in [0.25, 0.3) is 0 Å². The monoisotopic (exact) mass is 231 g/mol. The van der Waals surface area contributed by atoms with E-state index in [0.717, 1.165) is 11.1 Å². The van der Waals surface area contributed by atoms with Crippen molar-refractivity contribution >= 4 is 11.8 Å². The van der Waals surface area contributed by atoms with Crippen LogP contribution in [0, 0.1) is 12.8 Å². The molecule has 0 saturated carbocycles. The third-order valence-corrected chi connectivity index (χ3v) is 3.83. The van der Waals surface area contributed by atoms with E-state index in [1.807, 2.05) is 45.0 Å². The summed E-state index contributed by atoms with van der Waals surface area (Å²) in [5, 5.41) is 2.46. The Labute approximate surface area is 101 Å². The molecule has 1 saturated heterocycles. The number of benzene rings is 1. The van der Waals surface area contributed by atoms with Crippen LogP contribution in [0.3, 0.4) is 0 Å². The van der Waals surface area contributed by atoms with Gasteiger partial charge in [-0.3, -0.25) is 14.9 Å². The summed E-state index contributed by atoms with van der Waals surface area (Å²) in [5.74, 6) is -0.594. The smallest absolute Gasteiger partial charge is 0.237 e. The maximum Gasteiger partial charge on any atom is 0.237 e. The molecular weight excluding hydrogens is 214 g/mol. The fourth-order valence-electron chi connectivity index (χ4n) is 2.81. The van der Waals surface area contributed by atoms with Crippen LogP contribution in [-0.4, -0.2) is 11.8 Å². The van der Waals surface area contributed by atoms with Gasteiger partial charge in [-0.25, -0.2) is 0 Å². The number of hydrogen-bond donors (Lipinski definition) is 1. The summed E-state index contributed by atoms with van der Waals surface area (Å²) in [7, 11) is 0. The zero-order chi connectivity index (χ0) is 12.6. The summed E-state index contributed by atoms with van der Waals surface area (Å²) in [4.78, 5) is 23.9. The van der Waals surface area contributed by atoms with E-state index in [0.29, 0.717) is 6.42 Å². The van der Waals surface area contributed by atoms with E-state index in [-0.39, 0.29) is 17.7 Å². The maximum atomic E-state index is 12.1. The van der Waals surface area contributed by atoms with Crippen LogP contribution in [0.15, 0.2) is 24.3 Å². The van der Waals surface area contributed by atoms with E-state index in [1.165, 1.54) is 0 Å². The maximum absolute atomic E-state index is 12.1. The molecule has 1 fully saturated rings. The number of imide groups is 1. The molecule has 3 heteroatoms. The average Bonchev–Trinajstić information content (AvgIpc) is 2.50. The molecule has 90 valence electrons. The van der Waals surface area contributed by atoms with Gasteiger partial charge < -0.3 is 0 Å². The molecule has 2 amide bonds. The standard InChI is InChI=1S/C14H17NO2/c1-4-10-12(16)15-13(17)14(10,3)11-8-6-5-7-9(11)2/h5-8,10H,4H2,1-3H3,(H,15,16,17)/t10-,14+/m1/s1. The lowest BCUT2D eigenvalue weighted by Gasteiger charge is -2.28. The molecule has 0 bridgehead atoms. The highest BCUT2D eigenvalue weighted by molar-refractivity contribution is 6.10. The number of hydrogen-bond acceptors (Lipinski definition) is 2. The highest BCUT2D eigenvalue weighted by Crippen LogP contribution is 2.39. The van der Waals surface area contributed by atoms with E-state index in [9.17, 15) is 9.59 Å². The molecule has 3 nitrogen and oxygen atoms in total. The number of aryl methyl sites for hydroxylation is 1. The van der Waals surface area contributed by atoms with Gasteiger partial charge in [-0.05, 0) is 31.4 Å². The first-order valence-electron chi connectivity index (χ1n) is 5.93. The van der Waals surface area contributed by atoms with Gasteiger partial charge in [-0.1, -0.05) is 31.2 Å².